The van der Waals surface area contributed by atoms with Crippen molar-refractivity contribution in [2.45, 2.75) is 45.1 Å². The smallest absolute Gasteiger partial charge is 0.165 e. The maximum atomic E-state index is 13.7. The second-order valence-corrected chi connectivity index (χ2v) is 6.04. The molecule has 106 valence electrons. The molecule has 0 aliphatic heterocycles. The van der Waals surface area contributed by atoms with E-state index in [-0.39, 0.29) is 17.5 Å². The molecule has 19 heavy (non-hydrogen) atoms. The van der Waals surface area contributed by atoms with E-state index >= 15 is 0 Å². The van der Waals surface area contributed by atoms with E-state index in [0.717, 1.165) is 18.4 Å². The fourth-order valence-corrected chi connectivity index (χ4v) is 3.13. The van der Waals surface area contributed by atoms with Crippen molar-refractivity contribution in [2.75, 3.05) is 7.11 Å². The molecule has 3 heteroatoms. The molecule has 1 aromatic rings. The third-order valence-corrected chi connectivity index (χ3v) is 4.44. The van der Waals surface area contributed by atoms with Crippen LogP contribution in [0.1, 0.15) is 38.7 Å². The first kappa shape index (κ1) is 14.3. The van der Waals surface area contributed by atoms with Gasteiger partial charge < -0.3 is 9.84 Å². The summed E-state index contributed by atoms with van der Waals surface area (Å²) >= 11 is 0. The highest BCUT2D eigenvalue weighted by Gasteiger charge is 2.38. The van der Waals surface area contributed by atoms with Gasteiger partial charge in [-0.25, -0.2) is 4.39 Å². The van der Waals surface area contributed by atoms with Crippen LogP contribution in [0.4, 0.5) is 4.39 Å². The van der Waals surface area contributed by atoms with Crippen LogP contribution in [-0.2, 0) is 6.42 Å². The lowest BCUT2D eigenvalue weighted by molar-refractivity contribution is -0.0560. The van der Waals surface area contributed by atoms with Crippen LogP contribution in [0.5, 0.6) is 5.75 Å². The van der Waals surface area contributed by atoms with Crippen molar-refractivity contribution in [3.05, 3.63) is 29.6 Å². The van der Waals surface area contributed by atoms with Gasteiger partial charge in [-0.3, -0.25) is 0 Å². The van der Waals surface area contributed by atoms with E-state index in [1.54, 1.807) is 6.07 Å². The van der Waals surface area contributed by atoms with Crippen LogP contribution in [0.15, 0.2) is 18.2 Å². The molecule has 3 unspecified atom stereocenters. The molecular formula is C16H23FO2. The van der Waals surface area contributed by atoms with Crippen LogP contribution < -0.4 is 4.74 Å². The van der Waals surface area contributed by atoms with E-state index in [4.69, 9.17) is 4.74 Å². The van der Waals surface area contributed by atoms with Crippen molar-refractivity contribution in [3.8, 4) is 5.75 Å². The summed E-state index contributed by atoms with van der Waals surface area (Å²) in [6, 6.07) is 4.94. The highest BCUT2D eigenvalue weighted by Crippen LogP contribution is 2.39. The summed E-state index contributed by atoms with van der Waals surface area (Å²) < 4.78 is 18.6. The Morgan fingerprint density at radius 2 is 2.11 bits per heavy atom. The summed E-state index contributed by atoms with van der Waals surface area (Å²) in [5.41, 5.74) is 0.125. The highest BCUT2D eigenvalue weighted by molar-refractivity contribution is 5.30. The number of ether oxygens (including phenoxy) is 1. The first-order chi connectivity index (χ1) is 8.94. The molecule has 1 N–H and O–H groups in total. The topological polar surface area (TPSA) is 29.5 Å². The molecule has 0 aromatic heterocycles. The Hall–Kier alpha value is -1.09. The normalized spacial score (nSPS) is 31.2. The third-order valence-electron chi connectivity index (χ3n) is 4.44. The maximum absolute atomic E-state index is 13.7. The van der Waals surface area contributed by atoms with Gasteiger partial charge in [0.25, 0.3) is 0 Å². The molecule has 1 saturated carbocycles. The average Bonchev–Trinajstić information content (AvgIpc) is 2.34. The number of hydrogen-bond donors (Lipinski definition) is 1. The van der Waals surface area contributed by atoms with E-state index < -0.39 is 5.60 Å². The van der Waals surface area contributed by atoms with Gasteiger partial charge in [0.2, 0.25) is 0 Å². The molecule has 0 heterocycles. The molecule has 2 rings (SSSR count). The van der Waals surface area contributed by atoms with Crippen LogP contribution in [0.2, 0.25) is 0 Å². The summed E-state index contributed by atoms with van der Waals surface area (Å²) in [5.74, 6) is 0.680. The number of rotatable bonds is 3. The quantitative estimate of drug-likeness (QED) is 0.906. The Balaban J connectivity index is 2.17. The zero-order valence-corrected chi connectivity index (χ0v) is 11.9. The van der Waals surface area contributed by atoms with E-state index in [2.05, 4.69) is 13.8 Å². The number of methoxy groups -OCH3 is 1. The van der Waals surface area contributed by atoms with E-state index in [9.17, 15) is 9.50 Å². The summed E-state index contributed by atoms with van der Waals surface area (Å²) in [6.07, 6.45) is 3.51. The fraction of sp³-hybridized carbons (Fsp3) is 0.625. The zero-order valence-electron chi connectivity index (χ0n) is 11.9. The van der Waals surface area contributed by atoms with E-state index in [1.807, 2.05) is 6.07 Å². The Morgan fingerprint density at radius 3 is 2.74 bits per heavy atom. The third kappa shape index (κ3) is 3.08. The Bertz CT molecular complexity index is 446. The van der Waals surface area contributed by atoms with E-state index in [0.29, 0.717) is 12.3 Å². The van der Waals surface area contributed by atoms with Crippen molar-refractivity contribution in [1.82, 2.24) is 0 Å². The van der Waals surface area contributed by atoms with Gasteiger partial charge in [-0.05, 0) is 42.4 Å². The zero-order chi connectivity index (χ0) is 14.0. The minimum Gasteiger partial charge on any atom is -0.494 e. The molecule has 1 aromatic carbocycles. The van der Waals surface area contributed by atoms with Gasteiger partial charge in [-0.2, -0.15) is 0 Å². The second kappa shape index (κ2) is 5.49. The Morgan fingerprint density at radius 1 is 1.37 bits per heavy atom. The summed E-state index contributed by atoms with van der Waals surface area (Å²) in [6.45, 7) is 4.26. The average molecular weight is 266 g/mol. The highest BCUT2D eigenvalue weighted by atomic mass is 19.1. The van der Waals surface area contributed by atoms with Crippen LogP contribution in [0.25, 0.3) is 0 Å². The number of halogens is 1. The Kier molecular flexibility index (Phi) is 4.14. The van der Waals surface area contributed by atoms with Crippen LogP contribution >= 0.6 is 0 Å². The fourth-order valence-electron chi connectivity index (χ4n) is 3.13. The number of aliphatic hydroxyl groups is 1. The molecule has 0 amide bonds. The van der Waals surface area contributed by atoms with Crippen molar-refractivity contribution < 1.29 is 14.2 Å². The molecule has 0 spiro atoms. The predicted octanol–water partition coefficient (Wildman–Crippen LogP) is 3.56. The first-order valence-electron chi connectivity index (χ1n) is 6.99. The molecule has 0 saturated heterocycles. The second-order valence-electron chi connectivity index (χ2n) is 6.04. The minimum atomic E-state index is -0.710. The predicted molar refractivity (Wildman–Crippen MR) is 73.8 cm³/mol. The lowest BCUT2D eigenvalue weighted by Crippen LogP contribution is -2.43. The first-order valence-corrected chi connectivity index (χ1v) is 6.99. The Labute approximate surface area is 114 Å². The molecule has 1 fully saturated rings. The van der Waals surface area contributed by atoms with Gasteiger partial charge in [0, 0.05) is 6.42 Å². The van der Waals surface area contributed by atoms with Gasteiger partial charge >= 0.3 is 0 Å². The molecule has 0 radical (unpaired) electrons. The molecule has 3 atom stereocenters. The van der Waals surface area contributed by atoms with Gasteiger partial charge in [0.05, 0.1) is 12.7 Å². The summed E-state index contributed by atoms with van der Waals surface area (Å²) in [5, 5.41) is 10.8. The van der Waals surface area contributed by atoms with Gasteiger partial charge in [-0.1, -0.05) is 26.3 Å². The molecule has 0 bridgehead atoms. The monoisotopic (exact) mass is 266 g/mol. The standard InChI is InChI=1S/C16H23FO2/c1-11-4-5-12(2)16(18,9-11)10-13-6-7-15(19-3)14(17)8-13/h6-8,11-12,18H,4-5,9-10H2,1-3H3. The minimum absolute atomic E-state index is 0.251. The van der Waals surface area contributed by atoms with E-state index in [1.165, 1.54) is 19.6 Å². The molecule has 1 aliphatic rings. The van der Waals surface area contributed by atoms with Crippen LogP contribution in [0.3, 0.4) is 0 Å². The molecule has 2 nitrogen and oxygen atoms in total. The van der Waals surface area contributed by atoms with Gasteiger partial charge in [0.1, 0.15) is 0 Å². The SMILES string of the molecule is COc1ccc(CC2(O)CC(C)CCC2C)cc1F. The summed E-state index contributed by atoms with van der Waals surface area (Å²) in [7, 11) is 1.45. The lowest BCUT2D eigenvalue weighted by Gasteiger charge is -2.41. The van der Waals surface area contributed by atoms with Gasteiger partial charge in [-0.15, -0.1) is 0 Å². The van der Waals surface area contributed by atoms with Crippen LogP contribution in [0, 0.1) is 17.7 Å². The lowest BCUT2D eigenvalue weighted by atomic mass is 9.69. The van der Waals surface area contributed by atoms with Crippen LogP contribution in [-0.4, -0.2) is 17.8 Å². The van der Waals surface area contributed by atoms with Gasteiger partial charge in [0.15, 0.2) is 11.6 Å². The molecule has 1 aliphatic carbocycles. The van der Waals surface area contributed by atoms with Crippen molar-refractivity contribution >= 4 is 0 Å². The molecular weight excluding hydrogens is 243 g/mol. The largest absolute Gasteiger partial charge is 0.494 e. The van der Waals surface area contributed by atoms with Crippen molar-refractivity contribution in [3.63, 3.8) is 0 Å². The van der Waals surface area contributed by atoms with Crippen molar-refractivity contribution in [2.24, 2.45) is 11.8 Å². The number of benzene rings is 1. The maximum Gasteiger partial charge on any atom is 0.165 e. The number of hydrogen-bond acceptors (Lipinski definition) is 2. The van der Waals surface area contributed by atoms with Crippen molar-refractivity contribution in [1.29, 1.82) is 0 Å². The summed E-state index contributed by atoms with van der Waals surface area (Å²) in [4.78, 5) is 0.